The van der Waals surface area contributed by atoms with E-state index >= 15 is 0 Å². The highest BCUT2D eigenvalue weighted by Gasteiger charge is 2.64. The number of hydrogen-bond acceptors (Lipinski definition) is 4. The van der Waals surface area contributed by atoms with Gasteiger partial charge in [-0.2, -0.15) is 0 Å². The number of benzene rings is 1. The summed E-state index contributed by atoms with van der Waals surface area (Å²) in [5.74, 6) is -0.648. The second-order valence-electron chi connectivity index (χ2n) is 8.12. The smallest absolute Gasteiger partial charge is 0.328 e. The minimum Gasteiger partial charge on any atom is -0.464 e. The number of ether oxygens (including phenoxy) is 1. The molecule has 1 saturated carbocycles. The largest absolute Gasteiger partial charge is 0.464 e. The zero-order chi connectivity index (χ0) is 20.1. The number of nitrogens with one attached hydrogen (secondary N) is 1. The van der Waals surface area contributed by atoms with Crippen LogP contribution in [0.5, 0.6) is 0 Å². The Balaban J connectivity index is 1.40. The van der Waals surface area contributed by atoms with Crippen LogP contribution in [0.2, 0.25) is 0 Å². The number of hydrogen-bond donors (Lipinski definition) is 1. The Hall–Kier alpha value is -2.37. The quantitative estimate of drug-likeness (QED) is 0.523. The number of rotatable bonds is 9. The van der Waals surface area contributed by atoms with Crippen molar-refractivity contribution in [2.75, 3.05) is 13.2 Å². The number of carbonyl (C=O) groups excluding carboxylic acids is 3. The highest BCUT2D eigenvalue weighted by molar-refractivity contribution is 5.90. The van der Waals surface area contributed by atoms with Crippen molar-refractivity contribution in [3.05, 3.63) is 35.9 Å². The zero-order valence-corrected chi connectivity index (χ0v) is 16.8. The molecule has 3 rings (SSSR count). The number of aryl methyl sites for hydroxylation is 1. The van der Waals surface area contributed by atoms with Gasteiger partial charge < -0.3 is 15.0 Å². The lowest BCUT2D eigenvalue weighted by Gasteiger charge is -2.26. The number of nitrogens with zero attached hydrogens (tertiary/aromatic N) is 1. The summed E-state index contributed by atoms with van der Waals surface area (Å²) in [5, 5.41) is 2.72. The number of unbranched alkanes of at least 4 members (excludes halogenated alkanes) is 1. The molecule has 0 radical (unpaired) electrons. The van der Waals surface area contributed by atoms with Crippen molar-refractivity contribution in [3.8, 4) is 0 Å². The minimum absolute atomic E-state index is 0.0224. The van der Waals surface area contributed by atoms with Crippen LogP contribution in [0, 0.1) is 5.41 Å². The third-order valence-corrected chi connectivity index (χ3v) is 5.88. The summed E-state index contributed by atoms with van der Waals surface area (Å²) in [6, 6.07) is 9.77. The van der Waals surface area contributed by atoms with Crippen molar-refractivity contribution >= 4 is 17.8 Å². The molecule has 0 spiro atoms. The lowest BCUT2D eigenvalue weighted by atomic mass is 10.0. The van der Waals surface area contributed by atoms with Crippen LogP contribution >= 0.6 is 0 Å². The van der Waals surface area contributed by atoms with E-state index < -0.39 is 6.04 Å². The summed E-state index contributed by atoms with van der Waals surface area (Å²) in [6.07, 6.45) is 4.64. The number of esters is 1. The summed E-state index contributed by atoms with van der Waals surface area (Å²) < 4.78 is 5.13. The normalized spacial score (nSPS) is 25.1. The third-order valence-electron chi connectivity index (χ3n) is 5.88. The van der Waals surface area contributed by atoms with Gasteiger partial charge in [0.05, 0.1) is 13.2 Å². The molecule has 2 fully saturated rings. The molecule has 6 nitrogen and oxygen atoms in total. The molecule has 2 amide bonds. The second-order valence-corrected chi connectivity index (χ2v) is 8.12. The molecular formula is C22H30N2O4. The fourth-order valence-corrected chi connectivity index (χ4v) is 4.19. The van der Waals surface area contributed by atoms with Gasteiger partial charge in [-0.25, -0.2) is 4.79 Å². The first kappa shape index (κ1) is 20.4. The average Bonchev–Trinajstić information content (AvgIpc) is 3.25. The standard InChI is InChI=1S/C22H30N2O4/c1-3-28-21(27)17-13-22(2)14-18(22)24(17)20(26)15-23-19(25)12-8-7-11-16-9-5-4-6-10-16/h4-6,9-10,17-18H,3,7-8,11-15H2,1-2H3,(H,23,25)/t17-,18-,22+/m0/s1. The van der Waals surface area contributed by atoms with E-state index in [1.807, 2.05) is 18.2 Å². The van der Waals surface area contributed by atoms with Gasteiger partial charge >= 0.3 is 5.97 Å². The van der Waals surface area contributed by atoms with E-state index in [4.69, 9.17) is 4.74 Å². The number of likely N-dealkylation sites (tertiary alicyclic amines) is 1. The Bertz CT molecular complexity index is 721. The summed E-state index contributed by atoms with van der Waals surface area (Å²) in [7, 11) is 0. The fraction of sp³-hybridized carbons (Fsp3) is 0.591. The molecule has 1 aliphatic carbocycles. The van der Waals surface area contributed by atoms with Gasteiger partial charge in [0.25, 0.3) is 0 Å². The molecule has 0 bridgehead atoms. The van der Waals surface area contributed by atoms with Crippen molar-refractivity contribution in [1.82, 2.24) is 10.2 Å². The van der Waals surface area contributed by atoms with Gasteiger partial charge in [-0.15, -0.1) is 0 Å². The van der Waals surface area contributed by atoms with Crippen LogP contribution in [-0.4, -0.2) is 47.9 Å². The SMILES string of the molecule is CCOC(=O)[C@@H]1C[C@]2(C)C[C@@H]2N1C(=O)CNC(=O)CCCCc1ccccc1. The molecule has 1 N–H and O–H groups in total. The first-order valence-corrected chi connectivity index (χ1v) is 10.2. The van der Waals surface area contributed by atoms with E-state index in [1.54, 1.807) is 11.8 Å². The second kappa shape index (κ2) is 8.76. The monoisotopic (exact) mass is 386 g/mol. The van der Waals surface area contributed by atoms with E-state index in [-0.39, 0.29) is 35.8 Å². The van der Waals surface area contributed by atoms with Crippen molar-refractivity contribution in [2.45, 2.75) is 64.5 Å². The van der Waals surface area contributed by atoms with Crippen molar-refractivity contribution in [2.24, 2.45) is 5.41 Å². The zero-order valence-electron chi connectivity index (χ0n) is 16.8. The lowest BCUT2D eigenvalue weighted by molar-refractivity contribution is -0.153. The number of carbonyl (C=O) groups is 3. The van der Waals surface area contributed by atoms with Gasteiger partial charge in [-0.3, -0.25) is 9.59 Å². The average molecular weight is 386 g/mol. The molecule has 1 heterocycles. The molecule has 0 unspecified atom stereocenters. The molecule has 3 atom stereocenters. The Morgan fingerprint density at radius 1 is 1.18 bits per heavy atom. The predicted octanol–water partition coefficient (Wildman–Crippen LogP) is 2.46. The van der Waals surface area contributed by atoms with Crippen LogP contribution in [0.25, 0.3) is 0 Å². The predicted molar refractivity (Wildman–Crippen MR) is 105 cm³/mol. The van der Waals surface area contributed by atoms with Crippen LogP contribution in [0.1, 0.15) is 51.5 Å². The van der Waals surface area contributed by atoms with Gasteiger partial charge in [0.1, 0.15) is 6.04 Å². The molecular weight excluding hydrogens is 356 g/mol. The molecule has 1 saturated heterocycles. The van der Waals surface area contributed by atoms with E-state index in [0.29, 0.717) is 19.4 Å². The number of fused-ring (bicyclic) bond motifs is 1. The molecule has 0 aromatic heterocycles. The molecule has 28 heavy (non-hydrogen) atoms. The number of amides is 2. The van der Waals surface area contributed by atoms with Crippen molar-refractivity contribution in [3.63, 3.8) is 0 Å². The Morgan fingerprint density at radius 2 is 1.93 bits per heavy atom. The van der Waals surface area contributed by atoms with Gasteiger partial charge in [0.2, 0.25) is 11.8 Å². The topological polar surface area (TPSA) is 75.7 Å². The maximum atomic E-state index is 12.7. The van der Waals surface area contributed by atoms with Gasteiger partial charge in [0.15, 0.2) is 0 Å². The van der Waals surface area contributed by atoms with Crippen LogP contribution in [-0.2, 0) is 25.5 Å². The summed E-state index contributed by atoms with van der Waals surface area (Å²) in [6.45, 7) is 4.11. The Labute approximate surface area is 166 Å². The van der Waals surface area contributed by atoms with E-state index in [1.165, 1.54) is 5.56 Å². The highest BCUT2D eigenvalue weighted by Crippen LogP contribution is 2.59. The maximum Gasteiger partial charge on any atom is 0.328 e. The third kappa shape index (κ3) is 4.72. The van der Waals surface area contributed by atoms with Crippen molar-refractivity contribution < 1.29 is 19.1 Å². The van der Waals surface area contributed by atoms with Crippen LogP contribution in [0.15, 0.2) is 30.3 Å². The molecule has 1 aromatic rings. The highest BCUT2D eigenvalue weighted by atomic mass is 16.5. The summed E-state index contributed by atoms with van der Waals surface area (Å²) >= 11 is 0. The molecule has 152 valence electrons. The first-order chi connectivity index (χ1) is 13.4. The van der Waals surface area contributed by atoms with Crippen LogP contribution < -0.4 is 5.32 Å². The van der Waals surface area contributed by atoms with E-state index in [2.05, 4.69) is 24.4 Å². The van der Waals surface area contributed by atoms with Gasteiger partial charge in [0, 0.05) is 12.5 Å². The maximum absolute atomic E-state index is 12.7. The first-order valence-electron chi connectivity index (χ1n) is 10.2. The lowest BCUT2D eigenvalue weighted by Crippen LogP contribution is -2.48. The molecule has 1 aliphatic heterocycles. The summed E-state index contributed by atoms with van der Waals surface area (Å²) in [4.78, 5) is 38.6. The molecule has 6 heteroatoms. The minimum atomic E-state index is -0.515. The van der Waals surface area contributed by atoms with E-state index in [9.17, 15) is 14.4 Å². The van der Waals surface area contributed by atoms with Crippen molar-refractivity contribution in [1.29, 1.82) is 0 Å². The van der Waals surface area contributed by atoms with Gasteiger partial charge in [-0.1, -0.05) is 37.3 Å². The van der Waals surface area contributed by atoms with E-state index in [0.717, 1.165) is 25.7 Å². The van der Waals surface area contributed by atoms with Gasteiger partial charge in [-0.05, 0) is 50.0 Å². The van der Waals surface area contributed by atoms with Crippen LogP contribution in [0.3, 0.4) is 0 Å². The Morgan fingerprint density at radius 3 is 2.64 bits per heavy atom. The number of piperidine rings is 1. The Kier molecular flexibility index (Phi) is 6.37. The molecule has 2 aliphatic rings. The summed E-state index contributed by atoms with van der Waals surface area (Å²) in [5.41, 5.74) is 1.29. The molecule has 1 aromatic carbocycles. The van der Waals surface area contributed by atoms with Crippen LogP contribution in [0.4, 0.5) is 0 Å². The fourth-order valence-electron chi connectivity index (χ4n) is 4.19.